The molecule has 0 aliphatic heterocycles. The first-order valence-electron chi connectivity index (χ1n) is 10.1. The van der Waals surface area contributed by atoms with Crippen LogP contribution in [0.4, 0.5) is 16.2 Å². The Hall–Kier alpha value is -3.80. The molecule has 0 aliphatic carbocycles. The van der Waals surface area contributed by atoms with Crippen molar-refractivity contribution in [2.24, 2.45) is 0 Å². The summed E-state index contributed by atoms with van der Waals surface area (Å²) in [6, 6.07) is 24.2. The van der Waals surface area contributed by atoms with E-state index in [2.05, 4.69) is 10.6 Å². The highest BCUT2D eigenvalue weighted by Crippen LogP contribution is 2.20. The minimum atomic E-state index is -1.28. The predicted molar refractivity (Wildman–Crippen MR) is 122 cm³/mol. The van der Waals surface area contributed by atoms with Gasteiger partial charge in [0.25, 0.3) is 0 Å². The molecule has 6 heteroatoms. The molecule has 0 unspecified atom stereocenters. The molecule has 0 spiro atoms. The van der Waals surface area contributed by atoms with Crippen LogP contribution in [0.2, 0.25) is 0 Å². The molecule has 0 saturated heterocycles. The summed E-state index contributed by atoms with van der Waals surface area (Å²) in [5, 5.41) is 14.8. The quantitative estimate of drug-likeness (QED) is 0.460. The third-order valence-corrected chi connectivity index (χ3v) is 4.73. The van der Waals surface area contributed by atoms with Crippen LogP contribution in [0.15, 0.2) is 78.9 Å². The molecular weight excluding hydrogens is 392 g/mol. The van der Waals surface area contributed by atoms with E-state index in [1.165, 1.54) is 13.8 Å². The lowest BCUT2D eigenvalue weighted by Crippen LogP contribution is -2.37. The number of aryl methyl sites for hydroxylation is 2. The van der Waals surface area contributed by atoms with Crippen molar-refractivity contribution < 1.29 is 19.4 Å². The van der Waals surface area contributed by atoms with E-state index in [0.717, 1.165) is 35.3 Å². The largest absolute Gasteiger partial charge is 0.478 e. The molecule has 0 heterocycles. The normalized spacial score (nSPS) is 10.9. The monoisotopic (exact) mass is 418 g/mol. The van der Waals surface area contributed by atoms with Gasteiger partial charge in [0.2, 0.25) is 0 Å². The molecule has 0 aromatic heterocycles. The molecule has 6 nitrogen and oxygen atoms in total. The second-order valence-corrected chi connectivity index (χ2v) is 7.71. The van der Waals surface area contributed by atoms with Gasteiger partial charge in [-0.1, -0.05) is 42.5 Å². The maximum absolute atomic E-state index is 12.2. The van der Waals surface area contributed by atoms with Crippen LogP contribution in [-0.2, 0) is 17.6 Å². The van der Waals surface area contributed by atoms with Gasteiger partial charge in [-0.3, -0.25) is 0 Å². The molecule has 3 rings (SSSR count). The Bertz CT molecular complexity index is 1030. The number of amides is 2. The van der Waals surface area contributed by atoms with Gasteiger partial charge in [0, 0.05) is 11.4 Å². The second-order valence-electron chi connectivity index (χ2n) is 7.71. The first-order chi connectivity index (χ1) is 14.8. The fourth-order valence-electron chi connectivity index (χ4n) is 2.97. The Morgan fingerprint density at radius 2 is 1.42 bits per heavy atom. The van der Waals surface area contributed by atoms with Gasteiger partial charge in [-0.25, -0.2) is 9.59 Å². The molecular formula is C25H26N2O4. The average molecular weight is 418 g/mol. The molecule has 0 fully saturated rings. The minimum Gasteiger partial charge on any atom is -0.478 e. The zero-order valence-electron chi connectivity index (χ0n) is 17.6. The number of carboxylic acid groups (broad SMARTS) is 1. The molecule has 0 saturated carbocycles. The number of carboxylic acids is 1. The number of para-hydroxylation sites is 1. The lowest BCUT2D eigenvalue weighted by Gasteiger charge is -2.21. The molecule has 31 heavy (non-hydrogen) atoms. The van der Waals surface area contributed by atoms with Crippen molar-refractivity contribution in [1.82, 2.24) is 0 Å². The maximum Gasteiger partial charge on any atom is 0.347 e. The number of nitrogens with one attached hydrogen (secondary N) is 2. The Kier molecular flexibility index (Phi) is 6.92. The van der Waals surface area contributed by atoms with Crippen LogP contribution >= 0.6 is 0 Å². The smallest absolute Gasteiger partial charge is 0.347 e. The number of rotatable bonds is 8. The molecule has 3 aromatic rings. The summed E-state index contributed by atoms with van der Waals surface area (Å²) < 4.78 is 5.53. The van der Waals surface area contributed by atoms with Gasteiger partial charge >= 0.3 is 12.0 Å². The molecule has 2 amide bonds. The topological polar surface area (TPSA) is 87.7 Å². The molecule has 160 valence electrons. The SMILES string of the molecule is CC(C)(Oc1ccc(CCc2cccc(NC(=O)Nc3ccccc3)c2)cc1)C(=O)O. The van der Waals surface area contributed by atoms with Gasteiger partial charge in [-0.15, -0.1) is 0 Å². The second kappa shape index (κ2) is 9.80. The Morgan fingerprint density at radius 3 is 2.10 bits per heavy atom. The summed E-state index contributed by atoms with van der Waals surface area (Å²) in [5.74, 6) is -0.491. The van der Waals surface area contributed by atoms with Crippen molar-refractivity contribution in [3.05, 3.63) is 90.0 Å². The maximum atomic E-state index is 12.2. The molecule has 3 N–H and O–H groups in total. The molecule has 0 bridgehead atoms. The number of aliphatic carboxylic acids is 1. The Labute approximate surface area is 181 Å². The van der Waals surface area contributed by atoms with Crippen LogP contribution in [0.3, 0.4) is 0 Å². The van der Waals surface area contributed by atoms with Gasteiger partial charge < -0.3 is 20.5 Å². The molecule has 0 radical (unpaired) electrons. The molecule has 0 atom stereocenters. The lowest BCUT2D eigenvalue weighted by atomic mass is 10.0. The van der Waals surface area contributed by atoms with E-state index >= 15 is 0 Å². The number of hydrogen-bond donors (Lipinski definition) is 3. The summed E-state index contributed by atoms with van der Waals surface area (Å²) in [6.07, 6.45) is 1.61. The minimum absolute atomic E-state index is 0.289. The van der Waals surface area contributed by atoms with Crippen LogP contribution in [0.1, 0.15) is 25.0 Å². The summed E-state index contributed by atoms with van der Waals surface area (Å²) in [7, 11) is 0. The van der Waals surface area contributed by atoms with Crippen LogP contribution in [0.25, 0.3) is 0 Å². The number of anilines is 2. The van der Waals surface area contributed by atoms with E-state index in [1.54, 1.807) is 12.1 Å². The molecule has 3 aromatic carbocycles. The van der Waals surface area contributed by atoms with E-state index in [4.69, 9.17) is 9.84 Å². The van der Waals surface area contributed by atoms with Gasteiger partial charge in [0.15, 0.2) is 5.60 Å². The highest BCUT2D eigenvalue weighted by atomic mass is 16.5. The van der Waals surface area contributed by atoms with Crippen LogP contribution in [0.5, 0.6) is 5.75 Å². The van der Waals surface area contributed by atoms with Gasteiger partial charge in [-0.05, 0) is 74.2 Å². The zero-order valence-corrected chi connectivity index (χ0v) is 17.6. The van der Waals surface area contributed by atoms with Crippen molar-refractivity contribution in [2.75, 3.05) is 10.6 Å². The van der Waals surface area contributed by atoms with Gasteiger partial charge in [-0.2, -0.15) is 0 Å². The number of urea groups is 1. The van der Waals surface area contributed by atoms with Crippen LogP contribution in [-0.4, -0.2) is 22.7 Å². The number of ether oxygens (including phenoxy) is 1. The standard InChI is InChI=1S/C25H26N2O4/c1-25(2,23(28)29)31-22-15-13-18(14-16-22)11-12-19-7-6-10-21(17-19)27-24(30)26-20-8-4-3-5-9-20/h3-10,13-17H,11-12H2,1-2H3,(H,28,29)(H2,26,27,30). The van der Waals surface area contributed by atoms with Crippen molar-refractivity contribution in [3.8, 4) is 5.75 Å². The number of benzene rings is 3. The fourth-order valence-corrected chi connectivity index (χ4v) is 2.97. The summed E-state index contributed by atoms with van der Waals surface area (Å²) in [5.41, 5.74) is 2.40. The van der Waals surface area contributed by atoms with Gasteiger partial charge in [0.05, 0.1) is 0 Å². The summed E-state index contributed by atoms with van der Waals surface area (Å²) in [6.45, 7) is 3.04. The van der Waals surface area contributed by atoms with Crippen molar-refractivity contribution >= 4 is 23.4 Å². The van der Waals surface area contributed by atoms with Gasteiger partial charge in [0.1, 0.15) is 5.75 Å². The Balaban J connectivity index is 1.54. The third-order valence-electron chi connectivity index (χ3n) is 4.73. The first-order valence-corrected chi connectivity index (χ1v) is 10.1. The predicted octanol–water partition coefficient (Wildman–Crippen LogP) is 5.36. The van der Waals surface area contributed by atoms with E-state index in [-0.39, 0.29) is 6.03 Å². The Morgan fingerprint density at radius 1 is 0.806 bits per heavy atom. The van der Waals surface area contributed by atoms with E-state index < -0.39 is 11.6 Å². The van der Waals surface area contributed by atoms with E-state index in [0.29, 0.717) is 5.75 Å². The first kappa shape index (κ1) is 21.9. The highest BCUT2D eigenvalue weighted by Gasteiger charge is 2.29. The van der Waals surface area contributed by atoms with Crippen LogP contribution in [0, 0.1) is 0 Å². The number of hydrogen-bond acceptors (Lipinski definition) is 3. The average Bonchev–Trinajstić information content (AvgIpc) is 2.74. The van der Waals surface area contributed by atoms with E-state index in [1.807, 2.05) is 66.7 Å². The van der Waals surface area contributed by atoms with Crippen molar-refractivity contribution in [3.63, 3.8) is 0 Å². The van der Waals surface area contributed by atoms with E-state index in [9.17, 15) is 9.59 Å². The number of carbonyl (C=O) groups excluding carboxylic acids is 1. The van der Waals surface area contributed by atoms with Crippen molar-refractivity contribution in [1.29, 1.82) is 0 Å². The van der Waals surface area contributed by atoms with Crippen LogP contribution < -0.4 is 15.4 Å². The molecule has 0 aliphatic rings. The highest BCUT2D eigenvalue weighted by molar-refractivity contribution is 5.99. The lowest BCUT2D eigenvalue weighted by molar-refractivity contribution is -0.152. The van der Waals surface area contributed by atoms with Crippen molar-refractivity contribution in [2.45, 2.75) is 32.3 Å². The third kappa shape index (κ3) is 6.60. The number of carbonyl (C=O) groups is 2. The summed E-state index contributed by atoms with van der Waals surface area (Å²) >= 11 is 0. The summed E-state index contributed by atoms with van der Waals surface area (Å²) in [4.78, 5) is 23.4. The fraction of sp³-hybridized carbons (Fsp3) is 0.200. The zero-order chi connectivity index (χ0) is 22.3.